The summed E-state index contributed by atoms with van der Waals surface area (Å²) in [7, 11) is -4.79. The molecule has 15 heteroatoms. The number of amides is 2. The summed E-state index contributed by atoms with van der Waals surface area (Å²) in [5.41, 5.74) is -3.13. The van der Waals surface area contributed by atoms with Gasteiger partial charge in [0.25, 0.3) is 5.69 Å². The molecule has 1 aromatic rings. The second-order valence-electron chi connectivity index (χ2n) is 10.9. The Balaban J connectivity index is 3.69. The van der Waals surface area contributed by atoms with Crippen LogP contribution in [0.5, 0.6) is 0 Å². The van der Waals surface area contributed by atoms with Gasteiger partial charge in [0.2, 0.25) is 0 Å². The zero-order valence-electron chi connectivity index (χ0n) is 22.8. The SMILES string of the molecule is C[C@H](CS(=O)(=O)[C@](CF)(CCI)C(=N)N(C(=O)OC(C)(C)C)C(=O)OC(C)(C)C)c1cc([N+](=O)[O-])ccc1F. The van der Waals surface area contributed by atoms with Gasteiger partial charge in [0, 0.05) is 16.6 Å². The van der Waals surface area contributed by atoms with Crippen LogP contribution in [-0.4, -0.2) is 69.1 Å². The van der Waals surface area contributed by atoms with Gasteiger partial charge < -0.3 is 9.47 Å². The Labute approximate surface area is 240 Å². The Morgan fingerprint density at radius 1 is 1.13 bits per heavy atom. The number of nitro benzene ring substituents is 1. The van der Waals surface area contributed by atoms with Gasteiger partial charge in [-0.25, -0.2) is 26.8 Å². The molecule has 0 heterocycles. The summed E-state index contributed by atoms with van der Waals surface area (Å²) in [5, 5.41) is 19.9. The minimum atomic E-state index is -4.79. The van der Waals surface area contributed by atoms with Gasteiger partial charge in [0.05, 0.1) is 10.7 Å². The number of imide groups is 1. The van der Waals surface area contributed by atoms with E-state index in [9.17, 15) is 36.9 Å². The predicted octanol–water partition coefficient (Wildman–Crippen LogP) is 5.94. The van der Waals surface area contributed by atoms with Crippen LogP contribution in [0.4, 0.5) is 24.1 Å². The lowest BCUT2D eigenvalue weighted by Gasteiger charge is -2.37. The molecule has 0 saturated heterocycles. The van der Waals surface area contributed by atoms with E-state index in [-0.39, 0.29) is 14.9 Å². The van der Waals surface area contributed by atoms with E-state index < -0.39 is 85.0 Å². The third-order valence-electron chi connectivity index (χ3n) is 5.31. The molecule has 0 bridgehead atoms. The first-order valence-corrected chi connectivity index (χ1v) is 14.9. The van der Waals surface area contributed by atoms with Crippen molar-refractivity contribution in [2.75, 3.05) is 16.9 Å². The Hall–Kier alpha value is -2.43. The average Bonchev–Trinajstić information content (AvgIpc) is 2.74. The van der Waals surface area contributed by atoms with Crippen LogP contribution in [0.1, 0.15) is 66.4 Å². The Bertz CT molecular complexity index is 1190. The van der Waals surface area contributed by atoms with Gasteiger partial charge >= 0.3 is 12.2 Å². The first-order chi connectivity index (χ1) is 17.6. The van der Waals surface area contributed by atoms with Crippen molar-refractivity contribution in [3.63, 3.8) is 0 Å². The predicted molar refractivity (Wildman–Crippen MR) is 149 cm³/mol. The van der Waals surface area contributed by atoms with Crippen LogP contribution < -0.4 is 0 Å². The topological polar surface area (TPSA) is 157 Å². The summed E-state index contributed by atoms with van der Waals surface area (Å²) in [6, 6.07) is 2.61. The zero-order valence-corrected chi connectivity index (χ0v) is 25.8. The molecule has 0 aromatic heterocycles. The highest BCUT2D eigenvalue weighted by atomic mass is 127. The lowest BCUT2D eigenvalue weighted by molar-refractivity contribution is -0.385. The van der Waals surface area contributed by atoms with Crippen LogP contribution in [-0.2, 0) is 19.3 Å². The molecule has 0 unspecified atom stereocenters. The Morgan fingerprint density at radius 3 is 2.00 bits per heavy atom. The van der Waals surface area contributed by atoms with Crippen molar-refractivity contribution in [1.29, 1.82) is 5.41 Å². The number of hydrogen-bond donors (Lipinski definition) is 1. The second-order valence-corrected chi connectivity index (χ2v) is 14.3. The van der Waals surface area contributed by atoms with Crippen LogP contribution in [0.15, 0.2) is 18.2 Å². The summed E-state index contributed by atoms with van der Waals surface area (Å²) in [6.45, 7) is 8.41. The van der Waals surface area contributed by atoms with Crippen molar-refractivity contribution in [3.05, 3.63) is 39.7 Å². The maximum Gasteiger partial charge on any atom is 0.425 e. The number of amidine groups is 1. The summed E-state index contributed by atoms with van der Waals surface area (Å²) < 4.78 is 64.6. The minimum absolute atomic E-state index is 0.0146. The monoisotopic (exact) mass is 689 g/mol. The van der Waals surface area contributed by atoms with Crippen LogP contribution in [0, 0.1) is 21.3 Å². The van der Waals surface area contributed by atoms with Crippen LogP contribution in [0.3, 0.4) is 0 Å². The molecule has 0 radical (unpaired) electrons. The Morgan fingerprint density at radius 2 is 1.62 bits per heavy atom. The number of ether oxygens (including phenoxy) is 2. The van der Waals surface area contributed by atoms with E-state index in [0.29, 0.717) is 0 Å². The second kappa shape index (κ2) is 12.8. The van der Waals surface area contributed by atoms with Crippen molar-refractivity contribution in [2.45, 2.75) is 76.8 Å². The highest BCUT2D eigenvalue weighted by molar-refractivity contribution is 14.1. The van der Waals surface area contributed by atoms with E-state index in [1.807, 2.05) is 0 Å². The van der Waals surface area contributed by atoms with Gasteiger partial charge in [-0.3, -0.25) is 15.5 Å². The summed E-state index contributed by atoms with van der Waals surface area (Å²) >= 11 is 1.76. The van der Waals surface area contributed by atoms with Gasteiger partial charge in [-0.15, -0.1) is 0 Å². The van der Waals surface area contributed by atoms with E-state index >= 15 is 0 Å². The molecule has 2 amide bonds. The summed E-state index contributed by atoms with van der Waals surface area (Å²) in [5.74, 6) is -4.32. The fraction of sp³-hybridized carbons (Fsp3) is 0.625. The van der Waals surface area contributed by atoms with Gasteiger partial charge in [-0.05, 0) is 65.5 Å². The van der Waals surface area contributed by atoms with Crippen molar-refractivity contribution >= 4 is 56.1 Å². The first kappa shape index (κ1) is 34.6. The summed E-state index contributed by atoms with van der Waals surface area (Å²) in [6.07, 6.45) is -3.42. The molecule has 2 atom stereocenters. The number of alkyl halides is 2. The molecule has 0 fully saturated rings. The van der Waals surface area contributed by atoms with Crippen molar-refractivity contribution in [2.24, 2.45) is 0 Å². The van der Waals surface area contributed by atoms with Crippen molar-refractivity contribution in [1.82, 2.24) is 4.90 Å². The normalized spacial score (nSPS) is 14.6. The van der Waals surface area contributed by atoms with Gasteiger partial charge in [0.15, 0.2) is 14.6 Å². The number of carbonyl (C=O) groups excluding carboxylic acids is 2. The molecule has 1 N–H and O–H groups in total. The lowest BCUT2D eigenvalue weighted by atomic mass is 10.0. The number of nitrogens with one attached hydrogen (secondary N) is 1. The van der Waals surface area contributed by atoms with Gasteiger partial charge in [-0.2, -0.15) is 4.90 Å². The van der Waals surface area contributed by atoms with Crippen LogP contribution in [0.25, 0.3) is 0 Å². The lowest BCUT2D eigenvalue weighted by Crippen LogP contribution is -2.60. The smallest absolute Gasteiger partial charge is 0.425 e. The van der Waals surface area contributed by atoms with Crippen molar-refractivity contribution in [3.8, 4) is 0 Å². The van der Waals surface area contributed by atoms with Gasteiger partial charge in [0.1, 0.15) is 29.5 Å². The minimum Gasteiger partial charge on any atom is -0.443 e. The molecule has 220 valence electrons. The molecule has 0 aliphatic heterocycles. The largest absolute Gasteiger partial charge is 0.443 e. The molecule has 11 nitrogen and oxygen atoms in total. The Kier molecular flexibility index (Phi) is 11.4. The first-order valence-electron chi connectivity index (χ1n) is 11.8. The van der Waals surface area contributed by atoms with E-state index in [1.54, 1.807) is 22.6 Å². The number of sulfone groups is 1. The molecule has 1 rings (SSSR count). The van der Waals surface area contributed by atoms with E-state index in [2.05, 4.69) is 0 Å². The number of nitro groups is 1. The fourth-order valence-electron chi connectivity index (χ4n) is 3.46. The molecular formula is C24H34F2IN3O8S. The van der Waals surface area contributed by atoms with Crippen molar-refractivity contribution < 1.29 is 41.2 Å². The zero-order chi connectivity index (χ0) is 30.6. The molecular weight excluding hydrogens is 655 g/mol. The van der Waals surface area contributed by atoms with E-state index in [4.69, 9.17) is 14.9 Å². The number of non-ortho nitro benzene ring substituents is 1. The average molecular weight is 690 g/mol. The van der Waals surface area contributed by atoms with E-state index in [0.717, 1.165) is 18.2 Å². The maximum absolute atomic E-state index is 14.9. The molecule has 0 aliphatic carbocycles. The number of halogens is 3. The highest BCUT2D eigenvalue weighted by Gasteiger charge is 2.54. The van der Waals surface area contributed by atoms with Crippen LogP contribution >= 0.6 is 22.6 Å². The molecule has 0 spiro atoms. The third kappa shape index (κ3) is 8.78. The molecule has 1 aromatic carbocycles. The van der Waals surface area contributed by atoms with E-state index in [1.165, 1.54) is 48.5 Å². The highest BCUT2D eigenvalue weighted by Crippen LogP contribution is 2.34. The standard InChI is InChI=1S/C24H34F2IN3O8S/c1-15(17-12-16(30(33)34)8-9-18(17)26)13-39(35,36)24(14-25,10-11-27)19(28)29(20(31)37-22(2,3)4)21(32)38-23(5,6)7/h8-9,12,15,28H,10-11,13-14H2,1-7H3/t15-,24+/m1/s1. The molecule has 39 heavy (non-hydrogen) atoms. The van der Waals surface area contributed by atoms with Crippen LogP contribution in [0.2, 0.25) is 0 Å². The third-order valence-corrected chi connectivity index (χ3v) is 8.48. The number of carbonyl (C=O) groups is 2. The number of benzene rings is 1. The molecule has 0 aliphatic rings. The maximum atomic E-state index is 14.9. The fourth-order valence-corrected chi connectivity index (χ4v) is 6.87. The number of hydrogen-bond acceptors (Lipinski definition) is 9. The number of nitrogens with zero attached hydrogens (tertiary/aromatic N) is 2. The quantitative estimate of drug-likeness (QED) is 0.0835. The number of rotatable bonds is 9. The summed E-state index contributed by atoms with van der Waals surface area (Å²) in [4.78, 5) is 36.5. The van der Waals surface area contributed by atoms with Gasteiger partial charge in [-0.1, -0.05) is 29.5 Å². The molecule has 0 saturated carbocycles.